The first kappa shape index (κ1) is 22.5. The van der Waals surface area contributed by atoms with E-state index >= 15 is 0 Å². The smallest absolute Gasteiger partial charge is 0.200 e. The summed E-state index contributed by atoms with van der Waals surface area (Å²) >= 11 is 0. The Balaban J connectivity index is 1.46. The van der Waals surface area contributed by atoms with Crippen molar-refractivity contribution >= 4 is 17.0 Å². The summed E-state index contributed by atoms with van der Waals surface area (Å²) in [5, 5.41) is 7.83. The molecule has 1 unspecified atom stereocenters. The van der Waals surface area contributed by atoms with Crippen LogP contribution in [-0.2, 0) is 12.8 Å². The lowest BCUT2D eigenvalue weighted by Gasteiger charge is -2.14. The van der Waals surface area contributed by atoms with Gasteiger partial charge in [0.25, 0.3) is 0 Å². The van der Waals surface area contributed by atoms with E-state index in [4.69, 9.17) is 4.98 Å². The second-order valence-electron chi connectivity index (χ2n) is 8.61. The maximum atomic E-state index is 14.4. The number of rotatable bonds is 8. The summed E-state index contributed by atoms with van der Waals surface area (Å²) in [7, 11) is 0. The van der Waals surface area contributed by atoms with Crippen LogP contribution in [0.1, 0.15) is 30.3 Å². The molecule has 176 valence electrons. The minimum Gasteiger partial charge on any atom is -0.336 e. The molecule has 1 atom stereocenters. The van der Waals surface area contributed by atoms with Crippen LogP contribution in [0.5, 0.6) is 0 Å². The van der Waals surface area contributed by atoms with Gasteiger partial charge in [0.1, 0.15) is 11.2 Å². The van der Waals surface area contributed by atoms with Crippen LogP contribution in [0.15, 0.2) is 67.5 Å². The molecule has 0 amide bonds. The Bertz CT molecular complexity index is 1430. The Morgan fingerprint density at radius 3 is 2.71 bits per heavy atom. The largest absolute Gasteiger partial charge is 0.336 e. The maximum absolute atomic E-state index is 14.4. The van der Waals surface area contributed by atoms with Gasteiger partial charge in [0, 0.05) is 31.0 Å². The van der Waals surface area contributed by atoms with Crippen LogP contribution in [0.25, 0.3) is 17.0 Å². The molecule has 1 N–H and O–H groups in total. The number of pyridine rings is 2. The van der Waals surface area contributed by atoms with Gasteiger partial charge < -0.3 is 5.32 Å². The zero-order valence-electron chi connectivity index (χ0n) is 19.6. The molecule has 0 spiro atoms. The van der Waals surface area contributed by atoms with Gasteiger partial charge in [0.15, 0.2) is 11.6 Å². The Labute approximate surface area is 202 Å². The van der Waals surface area contributed by atoms with E-state index in [0.29, 0.717) is 28.9 Å². The van der Waals surface area contributed by atoms with Crippen molar-refractivity contribution in [3.63, 3.8) is 0 Å². The number of hydrogen-bond acceptors (Lipinski definition) is 7. The molecule has 5 rings (SSSR count). The van der Waals surface area contributed by atoms with Crippen molar-refractivity contribution in [1.82, 2.24) is 34.5 Å². The maximum Gasteiger partial charge on any atom is 0.200 e. The molecule has 0 saturated carbocycles. The van der Waals surface area contributed by atoms with Gasteiger partial charge in [-0.15, -0.1) is 5.10 Å². The highest BCUT2D eigenvalue weighted by molar-refractivity contribution is 5.78. The second kappa shape index (κ2) is 9.92. The fourth-order valence-corrected chi connectivity index (χ4v) is 3.97. The number of halogens is 1. The third-order valence-electron chi connectivity index (χ3n) is 5.81. The minimum absolute atomic E-state index is 0.297. The summed E-state index contributed by atoms with van der Waals surface area (Å²) < 4.78 is 16.2. The molecule has 0 radical (unpaired) electrons. The van der Waals surface area contributed by atoms with Crippen molar-refractivity contribution in [2.24, 2.45) is 5.92 Å². The van der Waals surface area contributed by atoms with Crippen molar-refractivity contribution in [1.29, 1.82) is 0 Å². The summed E-state index contributed by atoms with van der Waals surface area (Å²) in [6, 6.07) is 9.20. The van der Waals surface area contributed by atoms with Gasteiger partial charge in [-0.2, -0.15) is 0 Å². The first-order valence-electron chi connectivity index (χ1n) is 11.5. The number of nitrogens with zero attached hydrogens (tertiary/aromatic N) is 7. The summed E-state index contributed by atoms with van der Waals surface area (Å²) in [4.78, 5) is 21.7. The fraction of sp³-hybridized carbons (Fsp3) is 0.231. The van der Waals surface area contributed by atoms with Gasteiger partial charge in [0.2, 0.25) is 5.82 Å². The van der Waals surface area contributed by atoms with E-state index in [9.17, 15) is 4.39 Å². The normalized spacial score (nSPS) is 12.1. The summed E-state index contributed by atoms with van der Waals surface area (Å²) in [6.07, 6.45) is 12.6. The van der Waals surface area contributed by atoms with Crippen LogP contribution in [0.2, 0.25) is 0 Å². The Morgan fingerprint density at radius 1 is 1.03 bits per heavy atom. The SMILES string of the molecule is Cc1cnc(CCC(C)Cc2ccn3nc(-c4ccccn4)nc(Nc4ccncc4F)c23)cn1. The lowest BCUT2D eigenvalue weighted by Crippen LogP contribution is -2.08. The Morgan fingerprint density at radius 2 is 1.94 bits per heavy atom. The van der Waals surface area contributed by atoms with Crippen LogP contribution >= 0.6 is 0 Å². The molecule has 5 heterocycles. The van der Waals surface area contributed by atoms with Crippen molar-refractivity contribution in [3.05, 3.63) is 90.3 Å². The molecule has 0 aliphatic carbocycles. The lowest BCUT2D eigenvalue weighted by atomic mass is 9.96. The van der Waals surface area contributed by atoms with Gasteiger partial charge in [-0.3, -0.25) is 19.9 Å². The van der Waals surface area contributed by atoms with Crippen LogP contribution in [-0.4, -0.2) is 34.5 Å². The third-order valence-corrected chi connectivity index (χ3v) is 5.81. The predicted octanol–water partition coefficient (Wildman–Crippen LogP) is 4.98. The highest BCUT2D eigenvalue weighted by Crippen LogP contribution is 2.29. The van der Waals surface area contributed by atoms with E-state index < -0.39 is 5.82 Å². The molecule has 0 bridgehead atoms. The first-order valence-corrected chi connectivity index (χ1v) is 11.5. The molecule has 5 aromatic heterocycles. The molecule has 0 saturated heterocycles. The van der Waals surface area contributed by atoms with Crippen molar-refractivity contribution in [3.8, 4) is 11.5 Å². The quantitative estimate of drug-likeness (QED) is 0.343. The van der Waals surface area contributed by atoms with Gasteiger partial charge in [0.05, 0.1) is 23.3 Å². The molecule has 0 fully saturated rings. The number of nitrogens with one attached hydrogen (secondary N) is 1. The van der Waals surface area contributed by atoms with Gasteiger partial charge >= 0.3 is 0 Å². The van der Waals surface area contributed by atoms with E-state index in [1.165, 1.54) is 6.20 Å². The van der Waals surface area contributed by atoms with Crippen molar-refractivity contribution in [2.45, 2.75) is 33.1 Å². The molecule has 5 aromatic rings. The van der Waals surface area contributed by atoms with Crippen LogP contribution in [0.3, 0.4) is 0 Å². The van der Waals surface area contributed by atoms with E-state index in [-0.39, 0.29) is 0 Å². The van der Waals surface area contributed by atoms with Gasteiger partial charge in [-0.05, 0) is 61.9 Å². The number of anilines is 2. The highest BCUT2D eigenvalue weighted by Gasteiger charge is 2.17. The second-order valence-corrected chi connectivity index (χ2v) is 8.61. The summed E-state index contributed by atoms with van der Waals surface area (Å²) in [5.74, 6) is 0.889. The number of aryl methyl sites for hydroxylation is 2. The monoisotopic (exact) mass is 468 g/mol. The van der Waals surface area contributed by atoms with E-state index in [1.807, 2.05) is 43.6 Å². The highest BCUT2D eigenvalue weighted by atomic mass is 19.1. The first-order chi connectivity index (χ1) is 17.1. The molecule has 9 heteroatoms. The van der Waals surface area contributed by atoms with Crippen LogP contribution in [0.4, 0.5) is 15.9 Å². The number of hydrogen-bond donors (Lipinski definition) is 1. The van der Waals surface area contributed by atoms with E-state index in [1.54, 1.807) is 29.2 Å². The van der Waals surface area contributed by atoms with Crippen LogP contribution < -0.4 is 5.32 Å². The van der Waals surface area contributed by atoms with E-state index in [2.05, 4.69) is 37.3 Å². The molecule has 0 aliphatic heterocycles. The molecule has 35 heavy (non-hydrogen) atoms. The van der Waals surface area contributed by atoms with Gasteiger partial charge in [-0.25, -0.2) is 13.9 Å². The molecule has 8 nitrogen and oxygen atoms in total. The van der Waals surface area contributed by atoms with Crippen molar-refractivity contribution < 1.29 is 4.39 Å². The molecule has 0 aliphatic rings. The Hall–Kier alpha value is -4.27. The minimum atomic E-state index is -0.454. The molecular formula is C26H25FN8. The number of aromatic nitrogens is 7. The Kier molecular flexibility index (Phi) is 6.38. The number of fused-ring (bicyclic) bond motifs is 1. The van der Waals surface area contributed by atoms with Gasteiger partial charge in [-0.1, -0.05) is 13.0 Å². The topological polar surface area (TPSA) is 93.8 Å². The average Bonchev–Trinajstić information content (AvgIpc) is 3.28. The summed E-state index contributed by atoms with van der Waals surface area (Å²) in [6.45, 7) is 4.15. The average molecular weight is 469 g/mol. The lowest BCUT2D eigenvalue weighted by molar-refractivity contribution is 0.528. The predicted molar refractivity (Wildman–Crippen MR) is 132 cm³/mol. The third kappa shape index (κ3) is 5.13. The van der Waals surface area contributed by atoms with Crippen LogP contribution in [0, 0.1) is 18.7 Å². The molecule has 0 aromatic carbocycles. The van der Waals surface area contributed by atoms with Crippen molar-refractivity contribution in [2.75, 3.05) is 5.32 Å². The zero-order valence-corrected chi connectivity index (χ0v) is 19.6. The molecular weight excluding hydrogens is 443 g/mol. The zero-order chi connectivity index (χ0) is 24.2. The standard InChI is InChI=1S/C26H25FN8/c1-17(6-7-20-15-30-18(2)14-31-20)13-19-9-12-35-24(19)26(32-22-8-11-28-16-21(22)27)33-25(34-35)23-5-3-4-10-29-23/h3-5,8-12,14-17H,6-7,13H2,1-2H3,(H,28,32,33,34). The summed E-state index contributed by atoms with van der Waals surface area (Å²) in [5.41, 5.74) is 4.72. The van der Waals surface area contributed by atoms with E-state index in [0.717, 1.165) is 41.7 Å². The fourth-order valence-electron chi connectivity index (χ4n) is 3.97.